The molecule has 0 aliphatic heterocycles. The second kappa shape index (κ2) is 11.0. The molecule has 3 saturated carbocycles. The Kier molecular flexibility index (Phi) is 7.80. The zero-order valence-electron chi connectivity index (χ0n) is 25.7. The Bertz CT molecular complexity index is 1600. The summed E-state index contributed by atoms with van der Waals surface area (Å²) < 4.78 is 44.3. The van der Waals surface area contributed by atoms with Gasteiger partial charge >= 0.3 is 11.9 Å². The predicted molar refractivity (Wildman–Crippen MR) is 162 cm³/mol. The zero-order chi connectivity index (χ0) is 32.5. The quantitative estimate of drug-likeness (QED) is 0.392. The van der Waals surface area contributed by atoms with E-state index in [1.165, 1.54) is 19.2 Å². The molecule has 6 rings (SSSR count). The van der Waals surface area contributed by atoms with Crippen LogP contribution in [0.25, 0.3) is 11.8 Å². The number of methoxy groups -OCH3 is 1. The van der Waals surface area contributed by atoms with Crippen LogP contribution in [0.4, 0.5) is 8.78 Å². The van der Waals surface area contributed by atoms with E-state index in [4.69, 9.17) is 9.47 Å². The minimum absolute atomic E-state index is 0.125. The Hall–Kier alpha value is -3.09. The van der Waals surface area contributed by atoms with Crippen LogP contribution < -0.4 is 0 Å². The second-order valence-corrected chi connectivity index (χ2v) is 14.4. The van der Waals surface area contributed by atoms with E-state index < -0.39 is 75.6 Å². The fourth-order valence-electron chi connectivity index (χ4n) is 9.53. The lowest BCUT2D eigenvalue weighted by Gasteiger charge is -2.63. The molecule has 1 unspecified atom stereocenters. The Labute approximate surface area is 264 Å². The molecule has 3 fully saturated rings. The van der Waals surface area contributed by atoms with Gasteiger partial charge in [0, 0.05) is 29.8 Å². The number of alkyl halides is 2. The number of hydrogen-bond donors (Lipinski definition) is 2. The maximum atomic E-state index is 18.2. The van der Waals surface area contributed by atoms with Gasteiger partial charge in [-0.1, -0.05) is 32.4 Å². The number of carboxylic acids is 1. The molecule has 0 spiro atoms. The third-order valence-corrected chi connectivity index (χ3v) is 12.2. The van der Waals surface area contributed by atoms with Gasteiger partial charge in [-0.15, -0.1) is 0 Å². The molecule has 8 atom stereocenters. The molecule has 12 heteroatoms. The number of allylic oxidation sites excluding steroid dienone is 1. The van der Waals surface area contributed by atoms with Crippen molar-refractivity contribution < 1.29 is 42.9 Å². The van der Waals surface area contributed by atoms with Gasteiger partial charge in [-0.2, -0.15) is 5.10 Å². The number of rotatable bonds is 7. The summed E-state index contributed by atoms with van der Waals surface area (Å²) in [5.41, 5.74) is -3.02. The molecule has 9 nitrogen and oxygen atoms in total. The summed E-state index contributed by atoms with van der Waals surface area (Å²) >= 11 is 0.438. The van der Waals surface area contributed by atoms with Crippen LogP contribution in [-0.4, -0.2) is 74.1 Å². The van der Waals surface area contributed by atoms with E-state index in [2.05, 4.69) is 5.10 Å². The van der Waals surface area contributed by atoms with E-state index in [0.29, 0.717) is 36.7 Å². The monoisotopic (exact) mass is 644 g/mol. The second-order valence-electron chi connectivity index (χ2n) is 13.5. The van der Waals surface area contributed by atoms with Crippen LogP contribution in [-0.2, 0) is 25.5 Å². The summed E-state index contributed by atoms with van der Waals surface area (Å²) in [6, 6.07) is 5.45. The van der Waals surface area contributed by atoms with E-state index in [0.717, 1.165) is 16.8 Å². The summed E-state index contributed by atoms with van der Waals surface area (Å²) in [6.45, 7) is 5.01. The summed E-state index contributed by atoms with van der Waals surface area (Å²) in [5.74, 6) is -3.45. The number of fused-ring (bicyclic) bond motifs is 6. The van der Waals surface area contributed by atoms with Crippen LogP contribution in [0, 0.1) is 28.6 Å². The van der Waals surface area contributed by atoms with Gasteiger partial charge in [-0.25, -0.2) is 23.1 Å². The minimum Gasteiger partial charge on any atom is -0.478 e. The van der Waals surface area contributed by atoms with Crippen molar-refractivity contribution in [1.82, 2.24) is 9.78 Å². The van der Waals surface area contributed by atoms with Gasteiger partial charge in [0.1, 0.15) is 18.3 Å². The normalized spacial score (nSPS) is 36.6. The average molecular weight is 645 g/mol. The van der Waals surface area contributed by atoms with E-state index in [9.17, 15) is 29.0 Å². The fraction of sp³-hybridized carbons (Fsp3) is 0.576. The van der Waals surface area contributed by atoms with E-state index in [-0.39, 0.29) is 18.4 Å². The lowest BCUT2D eigenvalue weighted by atomic mass is 9.44. The number of esters is 1. The number of benzene rings is 1. The van der Waals surface area contributed by atoms with Gasteiger partial charge in [0.2, 0.25) is 5.12 Å². The van der Waals surface area contributed by atoms with Crippen molar-refractivity contribution in [2.45, 2.75) is 70.2 Å². The minimum atomic E-state index is -2.08. The maximum absolute atomic E-state index is 18.2. The number of ether oxygens (including phenoxy) is 2. The molecule has 4 aliphatic rings. The van der Waals surface area contributed by atoms with Crippen molar-refractivity contribution in [3.05, 3.63) is 52.9 Å². The van der Waals surface area contributed by atoms with Gasteiger partial charge < -0.3 is 19.7 Å². The molecule has 242 valence electrons. The van der Waals surface area contributed by atoms with Crippen LogP contribution in [0.2, 0.25) is 0 Å². The number of nitrogens with zero attached hydrogens (tertiary/aromatic N) is 2. The first-order valence-electron chi connectivity index (χ1n) is 15.2. The molecule has 1 aromatic carbocycles. The highest BCUT2D eigenvalue weighted by molar-refractivity contribution is 8.13. The number of aromatic nitrogens is 2. The number of aromatic carboxylic acids is 1. The number of aliphatic hydroxyl groups is 1. The Morgan fingerprint density at radius 1 is 1.22 bits per heavy atom. The number of carbonyl (C=O) groups is 3. The first-order chi connectivity index (χ1) is 21.3. The number of halogens is 2. The number of carboxylic acid groups (broad SMARTS) is 1. The largest absolute Gasteiger partial charge is 0.478 e. The average Bonchev–Trinajstić information content (AvgIpc) is 3.48. The smallest absolute Gasteiger partial charge is 0.335 e. The van der Waals surface area contributed by atoms with Crippen molar-refractivity contribution in [3.8, 4) is 5.69 Å². The van der Waals surface area contributed by atoms with Crippen LogP contribution in [0.1, 0.15) is 68.1 Å². The lowest BCUT2D eigenvalue weighted by Crippen LogP contribution is -2.70. The molecule has 0 saturated heterocycles. The molecule has 0 bridgehead atoms. The summed E-state index contributed by atoms with van der Waals surface area (Å²) in [6.07, 6.45) is 3.50. The highest BCUT2D eigenvalue weighted by atomic mass is 32.2. The number of aliphatic hydroxyl groups excluding tert-OH is 1. The molecule has 0 radical (unpaired) electrons. The van der Waals surface area contributed by atoms with E-state index >= 15 is 4.39 Å². The molecule has 1 heterocycles. The first kappa shape index (κ1) is 31.9. The van der Waals surface area contributed by atoms with Crippen LogP contribution in [0.5, 0.6) is 0 Å². The van der Waals surface area contributed by atoms with Gasteiger partial charge in [-0.3, -0.25) is 4.79 Å². The van der Waals surface area contributed by atoms with Crippen molar-refractivity contribution in [1.29, 1.82) is 0 Å². The highest BCUT2D eigenvalue weighted by Crippen LogP contribution is 2.72. The molecule has 2 aromatic rings. The molecule has 45 heavy (non-hydrogen) atoms. The summed E-state index contributed by atoms with van der Waals surface area (Å²) in [4.78, 5) is 38.1. The SMILES string of the molecule is COCC(=O)OC1(C(=O)SCF)[C@H](C)C[C@H]2[C@@H]3CCC4=Cc5c(cnn5-c5cccc(C(=O)O)c5)C[C@]4(C)[C@@]3(F)[C@@H](O)C[C@@]21C. The standard InChI is InChI=1S/C33H38F2N2O7S/c1-18-10-24-23-9-8-21-12-25-20(15-36-37(25)22-7-5-6-19(11-22)28(40)41)13-30(21,2)32(23,35)26(38)14-31(24,3)33(18,29(42)45-17-34)44-27(39)16-43-4/h5-7,11-12,15,18,23-24,26,38H,8-10,13-14,16-17H2,1-4H3,(H,40,41)/t18-,23+,24+,26+,30+,31+,32+,33?/m1/s1. The van der Waals surface area contributed by atoms with Crippen LogP contribution in [0.15, 0.2) is 36.0 Å². The topological polar surface area (TPSA) is 128 Å². The zero-order valence-corrected chi connectivity index (χ0v) is 26.5. The van der Waals surface area contributed by atoms with Crippen LogP contribution in [0.3, 0.4) is 0 Å². The Balaban J connectivity index is 1.40. The third-order valence-electron chi connectivity index (χ3n) is 11.5. The van der Waals surface area contributed by atoms with Gasteiger partial charge in [-0.05, 0) is 79.6 Å². The van der Waals surface area contributed by atoms with Crippen LogP contribution >= 0.6 is 11.8 Å². The number of carbonyl (C=O) groups excluding carboxylic acids is 2. The number of thioether (sulfide) groups is 1. The number of hydrogen-bond acceptors (Lipinski definition) is 8. The van der Waals surface area contributed by atoms with Gasteiger partial charge in [0.25, 0.3) is 0 Å². The van der Waals surface area contributed by atoms with E-state index in [1.54, 1.807) is 36.9 Å². The van der Waals surface area contributed by atoms with Crippen molar-refractivity contribution in [2.24, 2.45) is 28.6 Å². The Morgan fingerprint density at radius 3 is 2.67 bits per heavy atom. The summed E-state index contributed by atoms with van der Waals surface area (Å²) in [5, 5.41) is 25.3. The van der Waals surface area contributed by atoms with Crippen molar-refractivity contribution in [3.63, 3.8) is 0 Å². The highest BCUT2D eigenvalue weighted by Gasteiger charge is 2.77. The fourth-order valence-corrected chi connectivity index (χ4v) is 10.3. The molecular weight excluding hydrogens is 606 g/mol. The van der Waals surface area contributed by atoms with Crippen molar-refractivity contribution in [2.75, 3.05) is 19.7 Å². The molecule has 1 aromatic heterocycles. The van der Waals surface area contributed by atoms with Gasteiger partial charge in [0.05, 0.1) is 29.2 Å². The maximum Gasteiger partial charge on any atom is 0.335 e. The van der Waals surface area contributed by atoms with Crippen molar-refractivity contribution >= 4 is 34.9 Å². The molecule has 4 aliphatic carbocycles. The molecule has 0 amide bonds. The molecular formula is C33H38F2N2O7S. The Morgan fingerprint density at radius 2 is 1.98 bits per heavy atom. The van der Waals surface area contributed by atoms with E-state index in [1.807, 2.05) is 13.0 Å². The predicted octanol–water partition coefficient (Wildman–Crippen LogP) is 5.18. The first-order valence-corrected chi connectivity index (χ1v) is 16.2. The summed E-state index contributed by atoms with van der Waals surface area (Å²) in [7, 11) is 1.33. The molecule has 2 N–H and O–H groups in total. The lowest BCUT2D eigenvalue weighted by molar-refractivity contribution is -0.231. The third kappa shape index (κ3) is 4.31. The van der Waals surface area contributed by atoms with Gasteiger partial charge in [0.15, 0.2) is 5.60 Å².